The number of hydrogen-bond donors (Lipinski definition) is 4. The molecule has 0 bridgehead atoms. The van der Waals surface area contributed by atoms with Crippen molar-refractivity contribution in [3.8, 4) is 11.1 Å². The van der Waals surface area contributed by atoms with Gasteiger partial charge in [-0.25, -0.2) is 9.18 Å². The summed E-state index contributed by atoms with van der Waals surface area (Å²) in [4.78, 5) is 10.8. The molecule has 1 amide bonds. The van der Waals surface area contributed by atoms with Gasteiger partial charge in [-0.05, 0) is 56.3 Å². The molecule has 0 unspecified atom stereocenters. The summed E-state index contributed by atoms with van der Waals surface area (Å²) in [7, 11) is 0. The second kappa shape index (κ2) is 9.37. The second-order valence-corrected chi connectivity index (χ2v) is 7.83. The van der Waals surface area contributed by atoms with Crippen LogP contribution in [0.3, 0.4) is 0 Å². The van der Waals surface area contributed by atoms with E-state index in [2.05, 4.69) is 10.6 Å². The fourth-order valence-electron chi connectivity index (χ4n) is 4.35. The van der Waals surface area contributed by atoms with Gasteiger partial charge in [0.25, 0.3) is 0 Å². The maximum atomic E-state index is 15.0. The first kappa shape index (κ1) is 21.3. The van der Waals surface area contributed by atoms with Gasteiger partial charge in [-0.1, -0.05) is 42.0 Å². The molecule has 3 rings (SSSR count). The Balaban J connectivity index is 2.03. The lowest BCUT2D eigenvalue weighted by atomic mass is 9.72. The zero-order chi connectivity index (χ0) is 20.9. The van der Waals surface area contributed by atoms with Gasteiger partial charge < -0.3 is 20.8 Å². The fourth-order valence-corrected chi connectivity index (χ4v) is 4.35. The van der Waals surface area contributed by atoms with Crippen LogP contribution in [0.25, 0.3) is 11.1 Å². The summed E-state index contributed by atoms with van der Waals surface area (Å²) < 4.78 is 15.0. The van der Waals surface area contributed by atoms with Gasteiger partial charge in [0.05, 0.1) is 5.60 Å². The van der Waals surface area contributed by atoms with E-state index in [1.165, 1.54) is 6.07 Å². The second-order valence-electron chi connectivity index (χ2n) is 7.83. The normalized spacial score (nSPS) is 18.8. The number of halogens is 1. The van der Waals surface area contributed by atoms with Crippen LogP contribution in [0.1, 0.15) is 36.8 Å². The first-order chi connectivity index (χ1) is 13.9. The molecule has 156 valence electrons. The minimum Gasteiger partial charge on any atom is -0.465 e. The molecular weight excluding hydrogens is 371 g/mol. The van der Waals surface area contributed by atoms with Crippen LogP contribution in [0, 0.1) is 18.7 Å². The number of benzene rings is 2. The molecule has 1 aliphatic rings. The van der Waals surface area contributed by atoms with Gasteiger partial charge in [0.15, 0.2) is 0 Å². The maximum Gasteiger partial charge on any atom is 0.404 e. The molecule has 6 heteroatoms. The third-order valence-corrected chi connectivity index (χ3v) is 5.77. The van der Waals surface area contributed by atoms with Crippen LogP contribution < -0.4 is 10.6 Å². The van der Waals surface area contributed by atoms with E-state index < -0.39 is 11.7 Å². The van der Waals surface area contributed by atoms with Crippen LogP contribution >= 0.6 is 0 Å². The Morgan fingerprint density at radius 3 is 2.79 bits per heavy atom. The van der Waals surface area contributed by atoms with Crippen molar-refractivity contribution >= 4 is 6.09 Å². The Hall–Kier alpha value is -2.44. The standard InChI is InChI=1S/C23H29FN2O3/c1-16-6-2-7-17(14-16)21-19(9-3-10-20(21)24)23(29,11-5-13-26-22(27)28)18-8-4-12-25-15-18/h2-3,6-7,9-10,14,18,25-26,29H,4-5,8,11-13,15H2,1H3,(H,27,28)/t18-,23+/m1/s1. The quantitative estimate of drug-likeness (QED) is 0.529. The maximum absolute atomic E-state index is 15.0. The van der Waals surface area contributed by atoms with Crippen molar-refractivity contribution in [1.82, 2.24) is 10.6 Å². The van der Waals surface area contributed by atoms with Gasteiger partial charge in [-0.2, -0.15) is 0 Å². The molecule has 1 fully saturated rings. The minimum atomic E-state index is -1.26. The van der Waals surface area contributed by atoms with Crippen LogP contribution in [-0.4, -0.2) is 35.9 Å². The number of carbonyl (C=O) groups is 1. The summed E-state index contributed by atoms with van der Waals surface area (Å²) in [5.74, 6) is -0.439. The largest absolute Gasteiger partial charge is 0.465 e. The van der Waals surface area contributed by atoms with Gasteiger partial charge in [0, 0.05) is 24.6 Å². The molecule has 0 spiro atoms. The van der Waals surface area contributed by atoms with E-state index in [0.717, 1.165) is 30.5 Å². The summed E-state index contributed by atoms with van der Waals surface area (Å²) in [5, 5.41) is 26.4. The predicted molar refractivity (Wildman–Crippen MR) is 111 cm³/mol. The third-order valence-electron chi connectivity index (χ3n) is 5.77. The number of piperidine rings is 1. The SMILES string of the molecule is Cc1cccc(-c2c(F)cccc2[C@](O)(CCCNC(=O)O)[C@@H]2CCCNC2)c1. The molecule has 2 aromatic carbocycles. The zero-order valence-electron chi connectivity index (χ0n) is 16.7. The number of nitrogens with one attached hydrogen (secondary N) is 2. The molecule has 0 aliphatic carbocycles. The highest BCUT2D eigenvalue weighted by Crippen LogP contribution is 2.43. The van der Waals surface area contributed by atoms with Crippen LogP contribution in [0.5, 0.6) is 0 Å². The lowest BCUT2D eigenvalue weighted by molar-refractivity contribution is -0.0417. The predicted octanol–water partition coefficient (Wildman–Crippen LogP) is 4.04. The Kier molecular flexibility index (Phi) is 6.87. The van der Waals surface area contributed by atoms with Gasteiger partial charge >= 0.3 is 6.09 Å². The van der Waals surface area contributed by atoms with E-state index in [9.17, 15) is 9.90 Å². The van der Waals surface area contributed by atoms with Crippen molar-refractivity contribution in [3.63, 3.8) is 0 Å². The number of hydrogen-bond acceptors (Lipinski definition) is 3. The van der Waals surface area contributed by atoms with Crippen LogP contribution in [0.2, 0.25) is 0 Å². The van der Waals surface area contributed by atoms with Crippen molar-refractivity contribution < 1.29 is 19.4 Å². The van der Waals surface area contributed by atoms with Crippen molar-refractivity contribution in [2.24, 2.45) is 5.92 Å². The summed E-state index contributed by atoms with van der Waals surface area (Å²) >= 11 is 0. The highest BCUT2D eigenvalue weighted by atomic mass is 19.1. The Bertz CT molecular complexity index is 852. The topological polar surface area (TPSA) is 81.6 Å². The molecular formula is C23H29FN2O3. The number of amides is 1. The summed E-state index contributed by atoms with van der Waals surface area (Å²) in [6.07, 6.45) is 1.50. The van der Waals surface area contributed by atoms with E-state index in [1.807, 2.05) is 31.2 Å². The van der Waals surface area contributed by atoms with Crippen molar-refractivity contribution in [2.75, 3.05) is 19.6 Å². The van der Waals surface area contributed by atoms with E-state index in [0.29, 0.717) is 30.5 Å². The molecule has 2 aromatic rings. The third kappa shape index (κ3) is 4.95. The minimum absolute atomic E-state index is 0.0774. The average molecular weight is 400 g/mol. The lowest BCUT2D eigenvalue weighted by Gasteiger charge is -2.40. The molecule has 5 nitrogen and oxygen atoms in total. The monoisotopic (exact) mass is 400 g/mol. The number of aryl methyl sites for hydroxylation is 1. The molecule has 1 saturated heterocycles. The van der Waals surface area contributed by atoms with E-state index >= 15 is 4.39 Å². The highest BCUT2D eigenvalue weighted by Gasteiger charge is 2.40. The highest BCUT2D eigenvalue weighted by molar-refractivity contribution is 5.70. The van der Waals surface area contributed by atoms with E-state index in [4.69, 9.17) is 5.11 Å². The van der Waals surface area contributed by atoms with Crippen LogP contribution in [0.15, 0.2) is 42.5 Å². The fraction of sp³-hybridized carbons (Fsp3) is 0.435. The van der Waals surface area contributed by atoms with Crippen LogP contribution in [0.4, 0.5) is 9.18 Å². The van der Waals surface area contributed by atoms with Crippen molar-refractivity contribution in [3.05, 3.63) is 59.4 Å². The van der Waals surface area contributed by atoms with Gasteiger partial charge in [0.2, 0.25) is 0 Å². The first-order valence-electron chi connectivity index (χ1n) is 10.2. The molecule has 0 radical (unpaired) electrons. The number of rotatable bonds is 7. The van der Waals surface area contributed by atoms with E-state index in [-0.39, 0.29) is 18.3 Å². The Morgan fingerprint density at radius 1 is 1.31 bits per heavy atom. The average Bonchev–Trinajstić information content (AvgIpc) is 2.71. The molecule has 4 N–H and O–H groups in total. The molecule has 1 aliphatic heterocycles. The summed E-state index contributed by atoms with van der Waals surface area (Å²) in [6, 6.07) is 12.5. The van der Waals surface area contributed by atoms with E-state index in [1.54, 1.807) is 12.1 Å². The van der Waals surface area contributed by atoms with Gasteiger partial charge in [0.1, 0.15) is 5.82 Å². The summed E-state index contributed by atoms with van der Waals surface area (Å²) in [6.45, 7) is 3.75. The molecule has 0 aromatic heterocycles. The lowest BCUT2D eigenvalue weighted by Crippen LogP contribution is -2.45. The van der Waals surface area contributed by atoms with Gasteiger partial charge in [-0.3, -0.25) is 0 Å². The molecule has 2 atom stereocenters. The Morgan fingerprint density at radius 2 is 2.10 bits per heavy atom. The smallest absolute Gasteiger partial charge is 0.404 e. The van der Waals surface area contributed by atoms with Crippen molar-refractivity contribution in [1.29, 1.82) is 0 Å². The number of carboxylic acid groups (broad SMARTS) is 1. The van der Waals surface area contributed by atoms with Gasteiger partial charge in [-0.15, -0.1) is 0 Å². The van der Waals surface area contributed by atoms with Crippen molar-refractivity contribution in [2.45, 2.75) is 38.2 Å². The number of aliphatic hydroxyl groups is 1. The zero-order valence-corrected chi connectivity index (χ0v) is 16.7. The summed E-state index contributed by atoms with van der Waals surface area (Å²) in [5.41, 5.74) is 1.51. The van der Waals surface area contributed by atoms with Crippen LogP contribution in [-0.2, 0) is 5.60 Å². The first-order valence-corrected chi connectivity index (χ1v) is 10.2. The molecule has 0 saturated carbocycles. The Labute approximate surface area is 171 Å². The molecule has 29 heavy (non-hydrogen) atoms. The molecule has 1 heterocycles.